The van der Waals surface area contributed by atoms with Gasteiger partial charge < -0.3 is 10.2 Å². The molecule has 0 spiro atoms. The lowest BCUT2D eigenvalue weighted by atomic mass is 9.85. The van der Waals surface area contributed by atoms with E-state index in [0.717, 1.165) is 4.90 Å². The van der Waals surface area contributed by atoms with Crippen LogP contribution in [0.2, 0.25) is 5.02 Å². The third kappa shape index (κ3) is 5.17. The minimum Gasteiger partial charge on any atom is -0.338 e. The Bertz CT molecular complexity index is 974. The smallest absolute Gasteiger partial charge is 0.338 e. The first-order valence-electron chi connectivity index (χ1n) is 9.51. The van der Waals surface area contributed by atoms with E-state index >= 15 is 0 Å². The molecule has 2 aromatic rings. The van der Waals surface area contributed by atoms with Gasteiger partial charge in [-0.2, -0.15) is 26.3 Å². The van der Waals surface area contributed by atoms with Crippen LogP contribution in [-0.4, -0.2) is 37.0 Å². The Labute approximate surface area is 184 Å². The van der Waals surface area contributed by atoms with Gasteiger partial charge in [-0.25, -0.2) is 4.39 Å². The van der Waals surface area contributed by atoms with Gasteiger partial charge in [0.25, 0.3) is 5.91 Å². The number of carbonyl (C=O) groups excluding carboxylic acids is 1. The van der Waals surface area contributed by atoms with Gasteiger partial charge in [-0.1, -0.05) is 17.7 Å². The number of halogens is 8. The van der Waals surface area contributed by atoms with E-state index in [-0.39, 0.29) is 11.1 Å². The fraction of sp³-hybridized carbons (Fsp3) is 0.381. The summed E-state index contributed by atoms with van der Waals surface area (Å²) in [4.78, 5) is 14.1. The summed E-state index contributed by atoms with van der Waals surface area (Å²) in [6, 6.07) is 4.33. The summed E-state index contributed by atoms with van der Waals surface area (Å²) in [5.41, 5.74) is -3.35. The van der Waals surface area contributed by atoms with Crippen molar-refractivity contribution in [2.24, 2.45) is 0 Å². The topological polar surface area (TPSA) is 32.3 Å². The number of benzene rings is 2. The minimum atomic E-state index is -5.06. The van der Waals surface area contributed by atoms with Crippen molar-refractivity contribution in [3.63, 3.8) is 0 Å². The van der Waals surface area contributed by atoms with Gasteiger partial charge in [0.05, 0.1) is 16.1 Å². The Kier molecular flexibility index (Phi) is 6.76. The van der Waals surface area contributed by atoms with E-state index in [2.05, 4.69) is 5.32 Å². The molecule has 174 valence electrons. The zero-order chi connectivity index (χ0) is 23.8. The van der Waals surface area contributed by atoms with Crippen molar-refractivity contribution in [2.75, 3.05) is 20.1 Å². The third-order valence-corrected chi connectivity index (χ3v) is 5.78. The summed E-state index contributed by atoms with van der Waals surface area (Å²) in [5, 5.41) is 3.00. The van der Waals surface area contributed by atoms with Crippen LogP contribution in [0.25, 0.3) is 0 Å². The van der Waals surface area contributed by atoms with Crippen LogP contribution in [-0.2, 0) is 12.4 Å². The minimum absolute atomic E-state index is 0.0272. The Morgan fingerprint density at radius 2 is 1.62 bits per heavy atom. The Hall–Kier alpha value is -2.33. The normalized spacial score (nSPS) is 19.7. The Morgan fingerprint density at radius 3 is 2.16 bits per heavy atom. The highest BCUT2D eigenvalue weighted by molar-refractivity contribution is 6.30. The molecule has 3 nitrogen and oxygen atoms in total. The first-order chi connectivity index (χ1) is 14.8. The van der Waals surface area contributed by atoms with Crippen molar-refractivity contribution in [3.05, 3.63) is 69.5 Å². The van der Waals surface area contributed by atoms with Crippen molar-refractivity contribution in [1.29, 1.82) is 0 Å². The van der Waals surface area contributed by atoms with E-state index in [0.29, 0.717) is 37.2 Å². The van der Waals surface area contributed by atoms with Crippen LogP contribution in [0, 0.1) is 5.82 Å². The lowest BCUT2D eigenvalue weighted by Gasteiger charge is -2.39. The summed E-state index contributed by atoms with van der Waals surface area (Å²) in [7, 11) is 1.31. The number of hydrogen-bond donors (Lipinski definition) is 1. The molecule has 2 unspecified atom stereocenters. The van der Waals surface area contributed by atoms with Crippen molar-refractivity contribution < 1.29 is 35.5 Å². The highest BCUT2D eigenvalue weighted by atomic mass is 35.5. The van der Waals surface area contributed by atoms with Crippen LogP contribution in [0.15, 0.2) is 36.4 Å². The third-order valence-electron chi connectivity index (χ3n) is 5.47. The summed E-state index contributed by atoms with van der Waals surface area (Å²) >= 11 is 5.71. The molecule has 2 aromatic carbocycles. The molecule has 0 aromatic heterocycles. The van der Waals surface area contributed by atoms with Gasteiger partial charge in [0, 0.05) is 31.1 Å². The van der Waals surface area contributed by atoms with Crippen LogP contribution in [0.4, 0.5) is 30.7 Å². The molecule has 0 radical (unpaired) electrons. The Morgan fingerprint density at radius 1 is 1.03 bits per heavy atom. The molecule has 1 aliphatic heterocycles. The van der Waals surface area contributed by atoms with E-state index in [1.54, 1.807) is 6.07 Å². The first kappa shape index (κ1) is 24.3. The van der Waals surface area contributed by atoms with E-state index in [4.69, 9.17) is 11.6 Å². The van der Waals surface area contributed by atoms with Crippen molar-refractivity contribution in [2.45, 2.75) is 30.7 Å². The highest BCUT2D eigenvalue weighted by Gasteiger charge is 2.39. The van der Waals surface area contributed by atoms with Crippen molar-refractivity contribution in [1.82, 2.24) is 10.2 Å². The molecule has 1 amide bonds. The maximum Gasteiger partial charge on any atom is 0.416 e. The number of rotatable bonds is 3. The first-order valence-corrected chi connectivity index (χ1v) is 9.89. The molecule has 3 rings (SSSR count). The predicted octanol–water partition coefficient (Wildman–Crippen LogP) is 5.73. The molecule has 0 bridgehead atoms. The highest BCUT2D eigenvalue weighted by Crippen LogP contribution is 2.37. The monoisotopic (exact) mass is 482 g/mol. The number of alkyl halides is 6. The molecule has 2 atom stereocenters. The molecule has 0 aliphatic carbocycles. The van der Waals surface area contributed by atoms with Gasteiger partial charge in [-0.3, -0.25) is 4.79 Å². The number of hydrogen-bond acceptors (Lipinski definition) is 2. The van der Waals surface area contributed by atoms with E-state index in [1.807, 2.05) is 0 Å². The van der Waals surface area contributed by atoms with Gasteiger partial charge in [0.1, 0.15) is 5.82 Å². The predicted molar refractivity (Wildman–Crippen MR) is 104 cm³/mol. The number of nitrogens with one attached hydrogen (secondary N) is 1. The second-order valence-corrected chi connectivity index (χ2v) is 7.96. The summed E-state index contributed by atoms with van der Waals surface area (Å²) in [6.45, 7) is 0.797. The lowest BCUT2D eigenvalue weighted by Crippen LogP contribution is -2.49. The molecule has 1 heterocycles. The van der Waals surface area contributed by atoms with Gasteiger partial charge in [0.15, 0.2) is 0 Å². The quantitative estimate of drug-likeness (QED) is 0.566. The summed E-state index contributed by atoms with van der Waals surface area (Å²) in [5.74, 6) is -2.11. The molecule has 1 saturated heterocycles. The number of nitrogens with zero attached hydrogens (tertiary/aromatic N) is 1. The average Bonchev–Trinajstić information content (AvgIpc) is 2.73. The van der Waals surface area contributed by atoms with Crippen LogP contribution < -0.4 is 5.32 Å². The van der Waals surface area contributed by atoms with Crippen LogP contribution in [0.1, 0.15) is 39.4 Å². The van der Waals surface area contributed by atoms with Gasteiger partial charge in [-0.05, 0) is 48.9 Å². The van der Waals surface area contributed by atoms with Gasteiger partial charge in [0.2, 0.25) is 0 Å². The zero-order valence-corrected chi connectivity index (χ0v) is 17.4. The molecule has 1 aliphatic rings. The summed E-state index contributed by atoms with van der Waals surface area (Å²) < 4.78 is 92.9. The van der Waals surface area contributed by atoms with E-state index in [1.165, 1.54) is 19.2 Å². The van der Waals surface area contributed by atoms with Crippen molar-refractivity contribution >= 4 is 17.5 Å². The maximum absolute atomic E-state index is 14.0. The van der Waals surface area contributed by atoms with E-state index < -0.39 is 52.7 Å². The molecule has 32 heavy (non-hydrogen) atoms. The molecular weight excluding hydrogens is 465 g/mol. The molecule has 0 saturated carbocycles. The van der Waals surface area contributed by atoms with E-state index in [9.17, 15) is 35.5 Å². The second kappa shape index (κ2) is 8.90. The number of likely N-dealkylation sites (N-methyl/N-ethyl adjacent to an activating group) is 1. The number of carbonyl (C=O) groups is 1. The number of amides is 1. The average molecular weight is 483 g/mol. The molecule has 1 N–H and O–H groups in total. The van der Waals surface area contributed by atoms with Crippen LogP contribution >= 0.6 is 11.6 Å². The fourth-order valence-corrected chi connectivity index (χ4v) is 3.94. The second-order valence-electron chi connectivity index (χ2n) is 7.55. The molecular formula is C21H18ClF7N2O. The van der Waals surface area contributed by atoms with Crippen LogP contribution in [0.3, 0.4) is 0 Å². The standard InChI is InChI=1S/C21H18ClF7N2O/c1-31(18-4-5-30-10-15(18)11-2-3-16(22)17(23)8-11)19(32)12-6-13(20(24,25)26)9-14(7-12)21(27,28)29/h2-3,6-9,15,18,30H,4-5,10H2,1H3. The Balaban J connectivity index is 1.97. The number of piperidine rings is 1. The van der Waals surface area contributed by atoms with Crippen molar-refractivity contribution in [3.8, 4) is 0 Å². The van der Waals surface area contributed by atoms with Gasteiger partial charge >= 0.3 is 12.4 Å². The fourth-order valence-electron chi connectivity index (χ4n) is 3.82. The zero-order valence-electron chi connectivity index (χ0n) is 16.6. The maximum atomic E-state index is 14.0. The molecule has 1 fully saturated rings. The van der Waals surface area contributed by atoms with Crippen LogP contribution in [0.5, 0.6) is 0 Å². The lowest BCUT2D eigenvalue weighted by molar-refractivity contribution is -0.143. The van der Waals surface area contributed by atoms with Gasteiger partial charge in [-0.15, -0.1) is 0 Å². The largest absolute Gasteiger partial charge is 0.416 e. The SMILES string of the molecule is CN(C(=O)c1cc(C(F)(F)F)cc(C(F)(F)F)c1)C1CCNCC1c1ccc(Cl)c(F)c1. The molecule has 11 heteroatoms. The summed E-state index contributed by atoms with van der Waals surface area (Å²) in [6.07, 6.45) is -9.76.